The van der Waals surface area contributed by atoms with Crippen LogP contribution in [0, 0.1) is 0 Å². The molecule has 1 aromatic heterocycles. The Morgan fingerprint density at radius 1 is 0.452 bits per heavy atom. The predicted molar refractivity (Wildman–Crippen MR) is 173 cm³/mol. The maximum atomic E-state index is 5.21. The Hall–Kier alpha value is -4.99. The number of para-hydroxylation sites is 1. The van der Waals surface area contributed by atoms with Crippen LogP contribution in [0.1, 0.15) is 22.3 Å². The van der Waals surface area contributed by atoms with Crippen molar-refractivity contribution in [1.29, 1.82) is 0 Å². The second-order valence-electron chi connectivity index (χ2n) is 10.6. The van der Waals surface area contributed by atoms with Gasteiger partial charge in [-0.1, -0.05) is 145 Å². The number of fused-ring (bicyclic) bond motifs is 3. The highest BCUT2D eigenvalue weighted by Gasteiger charge is 2.44. The first-order valence-electron chi connectivity index (χ1n) is 14.2. The van der Waals surface area contributed by atoms with Gasteiger partial charge in [0.1, 0.15) is 0 Å². The molecule has 0 fully saturated rings. The Balaban J connectivity index is 1.43. The van der Waals surface area contributed by atoms with Crippen LogP contribution in [0.3, 0.4) is 0 Å². The van der Waals surface area contributed by atoms with E-state index in [9.17, 15) is 0 Å². The maximum absolute atomic E-state index is 5.21. The molecule has 3 heteroatoms. The van der Waals surface area contributed by atoms with Crippen molar-refractivity contribution in [2.24, 2.45) is 0 Å². The number of benzene rings is 6. The molecule has 6 aromatic carbocycles. The van der Waals surface area contributed by atoms with E-state index in [0.717, 1.165) is 33.5 Å². The molecule has 42 heavy (non-hydrogen) atoms. The van der Waals surface area contributed by atoms with Gasteiger partial charge in [0.2, 0.25) is 0 Å². The van der Waals surface area contributed by atoms with Crippen LogP contribution in [0.5, 0.6) is 0 Å². The number of aromatic nitrogens is 2. The average Bonchev–Trinajstić information content (AvgIpc) is 3.07. The van der Waals surface area contributed by atoms with Gasteiger partial charge in [0.05, 0.1) is 16.6 Å². The van der Waals surface area contributed by atoms with Gasteiger partial charge in [-0.3, -0.25) is 0 Å². The summed E-state index contributed by atoms with van der Waals surface area (Å²) >= 11 is 1.84. The first-order valence-corrected chi connectivity index (χ1v) is 15.0. The van der Waals surface area contributed by atoms with Crippen LogP contribution < -0.4 is 0 Å². The molecule has 1 aliphatic rings. The zero-order chi connectivity index (χ0) is 27.9. The van der Waals surface area contributed by atoms with E-state index in [4.69, 9.17) is 9.97 Å². The molecule has 8 rings (SSSR count). The van der Waals surface area contributed by atoms with Crippen LogP contribution in [0.15, 0.2) is 168 Å². The second-order valence-corrected chi connectivity index (χ2v) is 11.7. The van der Waals surface area contributed by atoms with Crippen LogP contribution in [-0.2, 0) is 5.41 Å². The van der Waals surface area contributed by atoms with Crippen molar-refractivity contribution in [3.05, 3.63) is 180 Å². The topological polar surface area (TPSA) is 25.8 Å². The van der Waals surface area contributed by atoms with Crippen LogP contribution >= 0.6 is 11.8 Å². The van der Waals surface area contributed by atoms with Crippen LogP contribution in [-0.4, -0.2) is 9.97 Å². The molecule has 0 amide bonds. The Morgan fingerprint density at radius 3 is 1.79 bits per heavy atom. The van der Waals surface area contributed by atoms with Crippen molar-refractivity contribution in [1.82, 2.24) is 9.97 Å². The summed E-state index contributed by atoms with van der Waals surface area (Å²) in [5, 5.41) is 1.05. The SMILES string of the molecule is c1ccc(-c2nc(-c3ccc4c(c3)C(c3ccccc3)(c3ccccc3)c3ccccc3S4)nc3ccccc23)cc1. The molecule has 1 aliphatic heterocycles. The smallest absolute Gasteiger partial charge is 0.160 e. The largest absolute Gasteiger partial charge is 0.228 e. The first-order chi connectivity index (χ1) is 20.8. The fourth-order valence-corrected chi connectivity index (χ4v) is 7.54. The molecular formula is C39H26N2S. The normalized spacial score (nSPS) is 13.3. The third-order valence-electron chi connectivity index (χ3n) is 8.22. The van der Waals surface area contributed by atoms with Crippen molar-refractivity contribution in [2.45, 2.75) is 15.2 Å². The molecule has 2 nitrogen and oxygen atoms in total. The molecule has 2 heterocycles. The van der Waals surface area contributed by atoms with Gasteiger partial charge in [-0.2, -0.15) is 0 Å². The van der Waals surface area contributed by atoms with Gasteiger partial charge in [0, 0.05) is 26.3 Å². The van der Waals surface area contributed by atoms with Crippen molar-refractivity contribution in [3.8, 4) is 22.6 Å². The molecular weight excluding hydrogens is 529 g/mol. The lowest BCUT2D eigenvalue weighted by atomic mass is 9.64. The van der Waals surface area contributed by atoms with E-state index in [1.807, 2.05) is 23.9 Å². The third kappa shape index (κ3) is 3.89. The highest BCUT2D eigenvalue weighted by Crippen LogP contribution is 2.56. The Morgan fingerprint density at radius 2 is 1.05 bits per heavy atom. The van der Waals surface area contributed by atoms with Crippen molar-refractivity contribution in [3.63, 3.8) is 0 Å². The van der Waals surface area contributed by atoms with E-state index in [-0.39, 0.29) is 0 Å². The van der Waals surface area contributed by atoms with Gasteiger partial charge in [-0.25, -0.2) is 9.97 Å². The van der Waals surface area contributed by atoms with Crippen LogP contribution in [0.2, 0.25) is 0 Å². The lowest BCUT2D eigenvalue weighted by Gasteiger charge is -2.42. The van der Waals surface area contributed by atoms with Gasteiger partial charge < -0.3 is 0 Å². The van der Waals surface area contributed by atoms with Crippen molar-refractivity contribution >= 4 is 22.7 Å². The van der Waals surface area contributed by atoms with E-state index in [2.05, 4.69) is 146 Å². The Bertz CT molecular complexity index is 2010. The van der Waals surface area contributed by atoms with E-state index in [1.165, 1.54) is 32.0 Å². The highest BCUT2D eigenvalue weighted by atomic mass is 32.2. The minimum Gasteiger partial charge on any atom is -0.228 e. The molecule has 0 aliphatic carbocycles. The summed E-state index contributed by atoms with van der Waals surface area (Å²) in [7, 11) is 0. The summed E-state index contributed by atoms with van der Waals surface area (Å²) in [5.41, 5.74) is 8.52. The maximum Gasteiger partial charge on any atom is 0.160 e. The molecule has 0 unspecified atom stereocenters. The van der Waals surface area contributed by atoms with Crippen LogP contribution in [0.4, 0.5) is 0 Å². The molecule has 0 atom stereocenters. The fourth-order valence-electron chi connectivity index (χ4n) is 6.37. The molecule has 0 spiro atoms. The lowest BCUT2D eigenvalue weighted by Crippen LogP contribution is -2.34. The van der Waals surface area contributed by atoms with Gasteiger partial charge in [0.15, 0.2) is 5.82 Å². The Kier molecular flexibility index (Phi) is 5.98. The predicted octanol–water partition coefficient (Wildman–Crippen LogP) is 9.81. The second kappa shape index (κ2) is 10.1. The third-order valence-corrected chi connectivity index (χ3v) is 9.37. The Labute approximate surface area is 249 Å². The molecule has 0 bridgehead atoms. The minimum absolute atomic E-state index is 0.491. The number of hydrogen-bond acceptors (Lipinski definition) is 3. The number of nitrogens with zero attached hydrogens (tertiary/aromatic N) is 2. The molecule has 0 radical (unpaired) electrons. The van der Waals surface area contributed by atoms with E-state index < -0.39 is 5.41 Å². The molecule has 0 saturated carbocycles. The van der Waals surface area contributed by atoms with Crippen LogP contribution in [0.25, 0.3) is 33.5 Å². The van der Waals surface area contributed by atoms with E-state index in [0.29, 0.717) is 0 Å². The summed E-state index contributed by atoms with van der Waals surface area (Å²) in [6, 6.07) is 56.1. The standard InChI is InChI=1S/C39H26N2S/c1-4-14-27(15-5-1)37-31-20-10-12-22-34(31)40-38(41-37)28-24-25-36-33(26-28)39(29-16-6-2-7-17-29,30-18-8-3-9-19-30)32-21-11-13-23-35(32)42-36/h1-26H. The molecule has 7 aromatic rings. The van der Waals surface area contributed by atoms with Crippen molar-refractivity contribution in [2.75, 3.05) is 0 Å². The van der Waals surface area contributed by atoms with Crippen molar-refractivity contribution < 1.29 is 0 Å². The van der Waals surface area contributed by atoms with Gasteiger partial charge in [0.25, 0.3) is 0 Å². The van der Waals surface area contributed by atoms with Gasteiger partial charge in [-0.05, 0) is 46.5 Å². The van der Waals surface area contributed by atoms with E-state index in [1.54, 1.807) is 0 Å². The van der Waals surface area contributed by atoms with Gasteiger partial charge >= 0.3 is 0 Å². The highest BCUT2D eigenvalue weighted by molar-refractivity contribution is 7.99. The number of hydrogen-bond donors (Lipinski definition) is 0. The minimum atomic E-state index is -0.491. The molecule has 0 saturated heterocycles. The quantitative estimate of drug-likeness (QED) is 0.217. The summed E-state index contributed by atoms with van der Waals surface area (Å²) < 4.78 is 0. The summed E-state index contributed by atoms with van der Waals surface area (Å²) in [6.45, 7) is 0. The monoisotopic (exact) mass is 554 g/mol. The summed E-state index contributed by atoms with van der Waals surface area (Å²) in [4.78, 5) is 12.8. The molecule has 0 N–H and O–H groups in total. The number of rotatable bonds is 4. The lowest BCUT2D eigenvalue weighted by molar-refractivity contribution is 0.703. The average molecular weight is 555 g/mol. The zero-order valence-electron chi connectivity index (χ0n) is 22.8. The fraction of sp³-hybridized carbons (Fsp3) is 0.0256. The van der Waals surface area contributed by atoms with E-state index >= 15 is 0 Å². The summed E-state index contributed by atoms with van der Waals surface area (Å²) in [5.74, 6) is 0.731. The molecule has 198 valence electrons. The summed E-state index contributed by atoms with van der Waals surface area (Å²) in [6.07, 6.45) is 0. The zero-order valence-corrected chi connectivity index (χ0v) is 23.6. The first kappa shape index (κ1) is 24.8. The van der Waals surface area contributed by atoms with Gasteiger partial charge in [-0.15, -0.1) is 0 Å².